The van der Waals surface area contributed by atoms with Gasteiger partial charge >= 0.3 is 0 Å². The Morgan fingerprint density at radius 3 is 2.79 bits per heavy atom. The normalized spacial score (nSPS) is 11.9. The van der Waals surface area contributed by atoms with E-state index in [4.69, 9.17) is 0 Å². The first kappa shape index (κ1) is 16.4. The number of hydrogen-bond donors (Lipinski definition) is 1. The number of nitrogens with zero attached hydrogens (tertiary/aromatic N) is 1. The third kappa shape index (κ3) is 4.42. The van der Waals surface area contributed by atoms with E-state index in [1.807, 2.05) is 12.3 Å². The van der Waals surface area contributed by atoms with Crippen LogP contribution in [-0.2, 0) is 16.6 Å². The van der Waals surface area contributed by atoms with Crippen LogP contribution in [-0.4, -0.2) is 32.4 Å². The zero-order chi connectivity index (χ0) is 14.3. The maximum Gasteiger partial charge on any atom is 0.252 e. The van der Waals surface area contributed by atoms with Crippen molar-refractivity contribution in [3.63, 3.8) is 0 Å². The Bertz CT molecular complexity index is 494. The quantitative estimate of drug-likeness (QED) is 0.563. The molecule has 0 saturated carbocycles. The van der Waals surface area contributed by atoms with Gasteiger partial charge in [-0.05, 0) is 30.0 Å². The Morgan fingerprint density at radius 2 is 2.21 bits per heavy atom. The smallest absolute Gasteiger partial charge is 0.252 e. The Balaban J connectivity index is 2.81. The summed E-state index contributed by atoms with van der Waals surface area (Å²) < 4.78 is 26.6. The zero-order valence-electron chi connectivity index (χ0n) is 11.6. The highest BCUT2D eigenvalue weighted by atomic mass is 32.2. The molecule has 1 aromatic heterocycles. The lowest BCUT2D eigenvalue weighted by molar-refractivity contribution is 0.461. The minimum Gasteiger partial charge on any atom is -0.313 e. The van der Waals surface area contributed by atoms with Crippen LogP contribution >= 0.6 is 11.3 Å². The molecule has 0 spiro atoms. The summed E-state index contributed by atoms with van der Waals surface area (Å²) in [4.78, 5) is 0. The Morgan fingerprint density at radius 1 is 1.47 bits per heavy atom. The van der Waals surface area contributed by atoms with E-state index in [0.29, 0.717) is 23.8 Å². The van der Waals surface area contributed by atoms with E-state index in [-0.39, 0.29) is 0 Å². The summed E-state index contributed by atoms with van der Waals surface area (Å²) >= 11 is 1.28. The number of hydrogen-bond acceptors (Lipinski definition) is 4. The van der Waals surface area contributed by atoms with E-state index in [0.717, 1.165) is 18.5 Å². The monoisotopic (exact) mass is 302 g/mol. The minimum atomic E-state index is -3.37. The van der Waals surface area contributed by atoms with Crippen LogP contribution in [0.15, 0.2) is 28.3 Å². The molecule has 1 heterocycles. The number of likely N-dealkylation sites (N-methyl/N-ethyl adjacent to an activating group) is 1. The van der Waals surface area contributed by atoms with E-state index < -0.39 is 10.0 Å². The lowest BCUT2D eigenvalue weighted by Gasteiger charge is -2.17. The molecule has 0 bridgehead atoms. The van der Waals surface area contributed by atoms with Crippen molar-refractivity contribution in [3.8, 4) is 0 Å². The van der Waals surface area contributed by atoms with Crippen LogP contribution in [0, 0.1) is 0 Å². The van der Waals surface area contributed by atoms with Gasteiger partial charge in [-0.25, -0.2) is 8.42 Å². The summed E-state index contributed by atoms with van der Waals surface area (Å²) in [6, 6.07) is 1.76. The van der Waals surface area contributed by atoms with Crippen molar-refractivity contribution in [2.75, 3.05) is 19.6 Å². The molecular weight excluding hydrogens is 280 g/mol. The van der Waals surface area contributed by atoms with Crippen molar-refractivity contribution in [3.05, 3.63) is 29.7 Å². The SMILES string of the molecule is C=CCN(CC)S(=O)(=O)c1cc(CNCCC)cs1. The van der Waals surface area contributed by atoms with Crippen LogP contribution in [0.1, 0.15) is 25.8 Å². The van der Waals surface area contributed by atoms with E-state index >= 15 is 0 Å². The molecule has 1 rings (SSSR count). The molecule has 6 heteroatoms. The molecule has 108 valence electrons. The Hall–Kier alpha value is -0.690. The molecular formula is C13H22N2O2S2. The third-order valence-electron chi connectivity index (χ3n) is 2.67. The van der Waals surface area contributed by atoms with Gasteiger partial charge in [0.1, 0.15) is 4.21 Å². The van der Waals surface area contributed by atoms with E-state index in [1.165, 1.54) is 15.6 Å². The number of sulfonamides is 1. The Labute approximate surface area is 120 Å². The molecule has 4 nitrogen and oxygen atoms in total. The molecule has 1 aromatic rings. The largest absolute Gasteiger partial charge is 0.313 e. The highest BCUT2D eigenvalue weighted by Gasteiger charge is 2.23. The second-order valence-electron chi connectivity index (χ2n) is 4.20. The summed E-state index contributed by atoms with van der Waals surface area (Å²) in [5.74, 6) is 0. The third-order valence-corrected chi connectivity index (χ3v) is 6.07. The molecule has 0 unspecified atom stereocenters. The van der Waals surface area contributed by atoms with Gasteiger partial charge in [0, 0.05) is 19.6 Å². The molecule has 19 heavy (non-hydrogen) atoms. The van der Waals surface area contributed by atoms with Gasteiger partial charge in [0.25, 0.3) is 10.0 Å². The average molecular weight is 302 g/mol. The molecule has 0 aliphatic heterocycles. The maximum atomic E-state index is 12.4. The van der Waals surface area contributed by atoms with Crippen LogP contribution in [0.4, 0.5) is 0 Å². The molecule has 0 atom stereocenters. The van der Waals surface area contributed by atoms with Crippen LogP contribution in [0.5, 0.6) is 0 Å². The van der Waals surface area contributed by atoms with Crippen molar-refractivity contribution >= 4 is 21.4 Å². The van der Waals surface area contributed by atoms with Gasteiger partial charge in [-0.3, -0.25) is 0 Å². The fourth-order valence-corrected chi connectivity index (χ4v) is 4.44. The summed E-state index contributed by atoms with van der Waals surface area (Å²) in [6.45, 7) is 9.99. The first-order valence-electron chi connectivity index (χ1n) is 6.45. The van der Waals surface area contributed by atoms with E-state index in [9.17, 15) is 8.42 Å². The fourth-order valence-electron chi connectivity index (χ4n) is 1.66. The van der Waals surface area contributed by atoms with Gasteiger partial charge in [0.15, 0.2) is 0 Å². The molecule has 0 aromatic carbocycles. The lowest BCUT2D eigenvalue weighted by Crippen LogP contribution is -2.30. The molecule has 0 aliphatic carbocycles. The predicted molar refractivity (Wildman–Crippen MR) is 80.9 cm³/mol. The van der Waals surface area contributed by atoms with Crippen LogP contribution in [0.3, 0.4) is 0 Å². The van der Waals surface area contributed by atoms with Crippen LogP contribution < -0.4 is 5.32 Å². The topological polar surface area (TPSA) is 49.4 Å². The molecule has 0 radical (unpaired) electrons. The molecule has 0 fully saturated rings. The van der Waals surface area contributed by atoms with E-state index in [1.54, 1.807) is 12.1 Å². The van der Waals surface area contributed by atoms with Gasteiger partial charge in [0.05, 0.1) is 0 Å². The van der Waals surface area contributed by atoms with Gasteiger partial charge in [-0.2, -0.15) is 4.31 Å². The summed E-state index contributed by atoms with van der Waals surface area (Å²) in [6.07, 6.45) is 2.68. The van der Waals surface area contributed by atoms with Crippen molar-refractivity contribution in [1.82, 2.24) is 9.62 Å². The second kappa shape index (κ2) is 7.79. The maximum absolute atomic E-state index is 12.4. The zero-order valence-corrected chi connectivity index (χ0v) is 13.2. The molecule has 0 amide bonds. The summed E-state index contributed by atoms with van der Waals surface area (Å²) in [5, 5.41) is 5.17. The van der Waals surface area contributed by atoms with Gasteiger partial charge < -0.3 is 5.32 Å². The van der Waals surface area contributed by atoms with Crippen molar-refractivity contribution in [1.29, 1.82) is 0 Å². The first-order valence-corrected chi connectivity index (χ1v) is 8.77. The standard InChI is InChI=1S/C13H22N2O2S2/c1-4-7-14-10-12-9-13(18-11-12)19(16,17)15(6-3)8-5-2/h5,9,11,14H,2,4,6-8,10H2,1,3H3. The number of nitrogens with one attached hydrogen (secondary N) is 1. The highest BCUT2D eigenvalue weighted by molar-refractivity contribution is 7.91. The number of thiophene rings is 1. The summed E-state index contributed by atoms with van der Waals surface area (Å²) in [7, 11) is -3.37. The average Bonchev–Trinajstić information content (AvgIpc) is 2.85. The van der Waals surface area contributed by atoms with Crippen molar-refractivity contribution < 1.29 is 8.42 Å². The molecule has 0 saturated heterocycles. The fraction of sp³-hybridized carbons (Fsp3) is 0.538. The first-order chi connectivity index (χ1) is 9.06. The predicted octanol–water partition coefficient (Wildman–Crippen LogP) is 2.44. The van der Waals surface area contributed by atoms with Gasteiger partial charge in [0.2, 0.25) is 0 Å². The van der Waals surface area contributed by atoms with Crippen molar-refractivity contribution in [2.24, 2.45) is 0 Å². The second-order valence-corrected chi connectivity index (χ2v) is 7.27. The summed E-state index contributed by atoms with van der Waals surface area (Å²) in [5.41, 5.74) is 1.02. The van der Waals surface area contributed by atoms with Gasteiger partial charge in [-0.15, -0.1) is 17.9 Å². The lowest BCUT2D eigenvalue weighted by atomic mass is 10.3. The molecule has 0 aliphatic rings. The van der Waals surface area contributed by atoms with Gasteiger partial charge in [-0.1, -0.05) is 19.9 Å². The molecule has 1 N–H and O–H groups in total. The van der Waals surface area contributed by atoms with E-state index in [2.05, 4.69) is 18.8 Å². The van der Waals surface area contributed by atoms with Crippen molar-refractivity contribution in [2.45, 2.75) is 31.0 Å². The van der Waals surface area contributed by atoms with Crippen LogP contribution in [0.2, 0.25) is 0 Å². The highest BCUT2D eigenvalue weighted by Crippen LogP contribution is 2.23. The Kier molecular flexibility index (Phi) is 6.71. The van der Waals surface area contributed by atoms with Crippen LogP contribution in [0.25, 0.3) is 0 Å². The number of rotatable bonds is 9. The minimum absolute atomic E-state index is 0.347.